The minimum atomic E-state index is -0.479. The average molecular weight is 627 g/mol. The number of amides is 2. The topological polar surface area (TPSA) is 98.1 Å². The summed E-state index contributed by atoms with van der Waals surface area (Å²) < 4.78 is 0. The summed E-state index contributed by atoms with van der Waals surface area (Å²) in [4.78, 5) is 30.1. The maximum Gasteiger partial charge on any atom is 0.227 e. The van der Waals surface area contributed by atoms with Gasteiger partial charge in [-0.2, -0.15) is 0 Å². The molecule has 0 aromatic heterocycles. The van der Waals surface area contributed by atoms with Crippen molar-refractivity contribution in [2.45, 2.75) is 71.6 Å². The van der Waals surface area contributed by atoms with Gasteiger partial charge in [-0.15, -0.1) is 12.4 Å². The van der Waals surface area contributed by atoms with Gasteiger partial charge in [-0.1, -0.05) is 72.4 Å². The van der Waals surface area contributed by atoms with Crippen LogP contribution in [0.4, 0.5) is 0 Å². The predicted molar refractivity (Wildman–Crippen MR) is 171 cm³/mol. The van der Waals surface area contributed by atoms with Gasteiger partial charge in [0.2, 0.25) is 11.8 Å². The number of benzene rings is 2. The summed E-state index contributed by atoms with van der Waals surface area (Å²) in [5.74, 6) is 0.272. The molecular formula is C32H46Cl3N3O3. The highest BCUT2D eigenvalue weighted by Crippen LogP contribution is 2.41. The number of rotatable bonds is 8. The van der Waals surface area contributed by atoms with Gasteiger partial charge in [-0.05, 0) is 94.8 Å². The molecule has 1 atom stereocenters. The highest BCUT2D eigenvalue weighted by atomic mass is 35.5. The molecule has 6 nitrogen and oxygen atoms in total. The number of nitrogens with two attached hydrogens (primary N) is 1. The van der Waals surface area contributed by atoms with Crippen molar-refractivity contribution in [2.75, 3.05) is 32.7 Å². The molecule has 2 fully saturated rings. The van der Waals surface area contributed by atoms with E-state index in [0.717, 1.165) is 69.4 Å². The van der Waals surface area contributed by atoms with Crippen molar-refractivity contribution in [3.8, 4) is 0 Å². The summed E-state index contributed by atoms with van der Waals surface area (Å²) in [5.41, 5.74) is 9.63. The second-order valence-electron chi connectivity index (χ2n) is 12.5. The lowest BCUT2D eigenvalue weighted by molar-refractivity contribution is -0.133. The van der Waals surface area contributed by atoms with Crippen LogP contribution in [0.2, 0.25) is 10.0 Å². The number of nitrogens with zero attached hydrogens (tertiary/aromatic N) is 2. The molecule has 0 spiro atoms. The third-order valence-corrected chi connectivity index (χ3v) is 9.99. The molecule has 9 heteroatoms. The van der Waals surface area contributed by atoms with Crippen LogP contribution in [0.5, 0.6) is 0 Å². The zero-order valence-corrected chi connectivity index (χ0v) is 27.1. The van der Waals surface area contributed by atoms with Crippen LogP contribution in [-0.4, -0.2) is 59.8 Å². The van der Waals surface area contributed by atoms with Crippen LogP contribution in [0.3, 0.4) is 0 Å². The van der Waals surface area contributed by atoms with Crippen molar-refractivity contribution < 1.29 is 15.1 Å². The molecule has 2 aliphatic heterocycles. The van der Waals surface area contributed by atoms with Crippen molar-refractivity contribution in [1.29, 1.82) is 0 Å². The Balaban J connectivity index is 0.00000294. The molecule has 0 bridgehead atoms. The van der Waals surface area contributed by atoms with E-state index in [1.807, 2.05) is 26.0 Å². The summed E-state index contributed by atoms with van der Waals surface area (Å²) in [7, 11) is 0. The number of likely N-dealkylation sites (tertiary alicyclic amines) is 2. The van der Waals surface area contributed by atoms with Crippen molar-refractivity contribution in [3.05, 3.63) is 68.7 Å². The van der Waals surface area contributed by atoms with E-state index in [9.17, 15) is 9.59 Å². The van der Waals surface area contributed by atoms with Gasteiger partial charge in [-0.3, -0.25) is 9.59 Å². The number of hydrogen-bond acceptors (Lipinski definition) is 3. The summed E-state index contributed by atoms with van der Waals surface area (Å²) in [5, 5.41) is 1.11. The van der Waals surface area contributed by atoms with Gasteiger partial charge < -0.3 is 21.0 Å². The molecule has 2 heterocycles. The van der Waals surface area contributed by atoms with Gasteiger partial charge in [-0.25, -0.2) is 0 Å². The molecule has 1 unspecified atom stereocenters. The quantitative estimate of drug-likeness (QED) is 0.394. The third kappa shape index (κ3) is 8.39. The van der Waals surface area contributed by atoms with Crippen LogP contribution in [0, 0.1) is 25.2 Å². The first kappa shape index (κ1) is 35.4. The Kier molecular flexibility index (Phi) is 12.6. The first-order chi connectivity index (χ1) is 18.4. The van der Waals surface area contributed by atoms with Crippen LogP contribution in [-0.2, 0) is 21.4 Å². The van der Waals surface area contributed by atoms with E-state index in [-0.39, 0.29) is 35.1 Å². The molecule has 4 rings (SSSR count). The van der Waals surface area contributed by atoms with Crippen LogP contribution >= 0.6 is 35.6 Å². The second-order valence-corrected chi connectivity index (χ2v) is 13.3. The van der Waals surface area contributed by atoms with E-state index in [1.165, 1.54) is 11.1 Å². The first-order valence-electron chi connectivity index (χ1n) is 14.2. The van der Waals surface area contributed by atoms with Crippen LogP contribution < -0.4 is 5.73 Å². The minimum absolute atomic E-state index is 0. The van der Waals surface area contributed by atoms with Gasteiger partial charge in [0.1, 0.15) is 0 Å². The van der Waals surface area contributed by atoms with E-state index < -0.39 is 5.41 Å². The molecule has 2 aliphatic rings. The van der Waals surface area contributed by atoms with Gasteiger partial charge in [0, 0.05) is 23.9 Å². The first-order valence-corrected chi connectivity index (χ1v) is 15.0. The maximum absolute atomic E-state index is 13.6. The second kappa shape index (κ2) is 14.6. The maximum atomic E-state index is 13.6. The average Bonchev–Trinajstić information content (AvgIpc) is 2.88. The SMILES string of the molecule is Cc1cc(C)cc(CC(=O)N2CCCC(CCN3CCC(C(C)(C)C(N)=O)CC3)(c3ccc(Cl)c(Cl)c3)C2)c1.Cl.O. The van der Waals surface area contributed by atoms with E-state index in [2.05, 4.69) is 47.9 Å². The molecule has 2 aromatic rings. The Morgan fingerprint density at radius 3 is 2.22 bits per heavy atom. The highest BCUT2D eigenvalue weighted by Gasteiger charge is 2.41. The number of primary amides is 1. The zero-order chi connectivity index (χ0) is 28.4. The molecule has 0 saturated carbocycles. The van der Waals surface area contributed by atoms with Crippen molar-refractivity contribution in [3.63, 3.8) is 0 Å². The number of piperidine rings is 2. The number of carbonyl (C=O) groups excluding carboxylic acids is 2. The summed E-state index contributed by atoms with van der Waals surface area (Å²) in [6.07, 6.45) is 5.24. The fourth-order valence-corrected chi connectivity index (χ4v) is 6.96. The molecule has 2 amide bonds. The Hall–Kier alpha value is -1.83. The molecule has 4 N–H and O–H groups in total. The van der Waals surface area contributed by atoms with Crippen LogP contribution in [0.15, 0.2) is 36.4 Å². The summed E-state index contributed by atoms with van der Waals surface area (Å²) in [6.45, 7) is 12.4. The molecule has 0 radical (unpaired) electrons. The fraction of sp³-hybridized carbons (Fsp3) is 0.562. The number of aryl methyl sites for hydroxylation is 2. The number of carbonyl (C=O) groups is 2. The van der Waals surface area contributed by atoms with E-state index in [4.69, 9.17) is 28.9 Å². The molecule has 2 aromatic carbocycles. The van der Waals surface area contributed by atoms with Crippen molar-refractivity contribution in [2.24, 2.45) is 17.1 Å². The van der Waals surface area contributed by atoms with Gasteiger partial charge >= 0.3 is 0 Å². The normalized spacial score (nSPS) is 20.2. The lowest BCUT2D eigenvalue weighted by Gasteiger charge is -2.45. The van der Waals surface area contributed by atoms with Crippen LogP contribution in [0.25, 0.3) is 0 Å². The Labute approximate surface area is 261 Å². The highest BCUT2D eigenvalue weighted by molar-refractivity contribution is 6.42. The Morgan fingerprint density at radius 1 is 1.00 bits per heavy atom. The van der Waals surface area contributed by atoms with E-state index in [1.54, 1.807) is 0 Å². The minimum Gasteiger partial charge on any atom is -0.412 e. The number of halogens is 3. The van der Waals surface area contributed by atoms with Gasteiger partial charge in [0.05, 0.1) is 16.5 Å². The Morgan fingerprint density at radius 2 is 1.63 bits per heavy atom. The third-order valence-electron chi connectivity index (χ3n) is 9.25. The smallest absolute Gasteiger partial charge is 0.227 e. The Bertz CT molecular complexity index is 1190. The van der Waals surface area contributed by atoms with E-state index in [0.29, 0.717) is 28.9 Å². The van der Waals surface area contributed by atoms with Crippen LogP contribution in [0.1, 0.15) is 68.2 Å². The van der Waals surface area contributed by atoms with Gasteiger partial charge in [0.25, 0.3) is 0 Å². The predicted octanol–water partition coefficient (Wildman–Crippen LogP) is 5.92. The lowest BCUT2D eigenvalue weighted by Crippen LogP contribution is -2.51. The molecular weight excluding hydrogens is 581 g/mol. The zero-order valence-electron chi connectivity index (χ0n) is 24.8. The standard InChI is InChI=1S/C32H43Cl2N3O2.ClH.H2O/c1-22-16-23(2)18-24(17-22)19-29(38)37-12-5-10-32(21-37,26-6-7-27(33)28(34)20-26)11-15-36-13-8-25(9-14-36)31(3,4)30(35)39;;/h6-7,16-18,20,25H,5,8-15,19,21H2,1-4H3,(H2,35,39);1H;1H2. The molecule has 2 saturated heterocycles. The fourth-order valence-electron chi connectivity index (χ4n) is 6.66. The number of hydrogen-bond donors (Lipinski definition) is 1. The largest absolute Gasteiger partial charge is 0.412 e. The summed E-state index contributed by atoms with van der Waals surface area (Å²) >= 11 is 12.8. The molecule has 41 heavy (non-hydrogen) atoms. The summed E-state index contributed by atoms with van der Waals surface area (Å²) in [6, 6.07) is 12.3. The van der Waals surface area contributed by atoms with Crippen molar-refractivity contribution >= 4 is 47.4 Å². The lowest BCUT2D eigenvalue weighted by atomic mass is 9.71. The van der Waals surface area contributed by atoms with Crippen molar-refractivity contribution in [1.82, 2.24) is 9.80 Å². The van der Waals surface area contributed by atoms with Gasteiger partial charge in [0.15, 0.2) is 0 Å². The van der Waals surface area contributed by atoms with E-state index >= 15 is 0 Å². The molecule has 228 valence electrons. The molecule has 0 aliphatic carbocycles. The monoisotopic (exact) mass is 625 g/mol.